The van der Waals surface area contributed by atoms with Crippen LogP contribution in [0, 0.1) is 0 Å². The van der Waals surface area contributed by atoms with Crippen LogP contribution in [0.2, 0.25) is 0 Å². The lowest BCUT2D eigenvalue weighted by Gasteiger charge is -2.24. The molecule has 2 heteroatoms. The Bertz CT molecular complexity index is 377. The molecule has 0 aromatic heterocycles. The van der Waals surface area contributed by atoms with Gasteiger partial charge in [0.1, 0.15) is 0 Å². The maximum Gasteiger partial charge on any atom is 0.0712 e. The molecule has 1 fully saturated rings. The van der Waals surface area contributed by atoms with Gasteiger partial charge in [0.05, 0.1) is 5.38 Å². The second kappa shape index (κ2) is 8.05. The van der Waals surface area contributed by atoms with Gasteiger partial charge in [-0.25, -0.2) is 0 Å². The summed E-state index contributed by atoms with van der Waals surface area (Å²) in [7, 11) is 0. The minimum absolute atomic E-state index is 0.107. The monoisotopic (exact) mass is 293 g/mol. The lowest BCUT2D eigenvalue weighted by atomic mass is 9.84. The molecule has 1 atom stereocenters. The Morgan fingerprint density at radius 1 is 1.05 bits per heavy atom. The van der Waals surface area contributed by atoms with E-state index in [9.17, 15) is 0 Å². The second-order valence-corrected chi connectivity index (χ2v) is 6.48. The van der Waals surface area contributed by atoms with Crippen molar-refractivity contribution < 1.29 is 0 Å². The van der Waals surface area contributed by atoms with Crippen LogP contribution in [0.5, 0.6) is 0 Å². The fraction of sp³-hybridized carbons (Fsp3) is 0.667. The van der Waals surface area contributed by atoms with Crippen molar-refractivity contribution in [3.05, 3.63) is 35.4 Å². The molecule has 0 heterocycles. The van der Waals surface area contributed by atoms with Gasteiger partial charge in [-0.2, -0.15) is 0 Å². The fourth-order valence-corrected chi connectivity index (χ4v) is 3.57. The molecule has 0 saturated heterocycles. The van der Waals surface area contributed by atoms with E-state index in [1.54, 1.807) is 0 Å². The molecule has 1 aliphatic carbocycles. The van der Waals surface area contributed by atoms with Gasteiger partial charge in [0.2, 0.25) is 0 Å². The summed E-state index contributed by atoms with van der Waals surface area (Å²) in [5, 5.41) is 0.107. The SMILES string of the molecule is CCN(CC)CC(Cl)c1ccc(C2CCCCC2)cc1. The summed E-state index contributed by atoms with van der Waals surface area (Å²) in [6.45, 7) is 7.47. The molecule has 1 nitrogen and oxygen atoms in total. The summed E-state index contributed by atoms with van der Waals surface area (Å²) < 4.78 is 0. The maximum atomic E-state index is 6.55. The van der Waals surface area contributed by atoms with Crippen molar-refractivity contribution in [1.82, 2.24) is 4.90 Å². The Morgan fingerprint density at radius 3 is 2.20 bits per heavy atom. The molecule has 1 aromatic carbocycles. The van der Waals surface area contributed by atoms with Gasteiger partial charge in [0, 0.05) is 6.54 Å². The van der Waals surface area contributed by atoms with Crippen molar-refractivity contribution in [2.24, 2.45) is 0 Å². The van der Waals surface area contributed by atoms with E-state index in [-0.39, 0.29) is 5.38 Å². The highest BCUT2D eigenvalue weighted by atomic mass is 35.5. The van der Waals surface area contributed by atoms with Crippen molar-refractivity contribution in [3.8, 4) is 0 Å². The zero-order chi connectivity index (χ0) is 14.4. The van der Waals surface area contributed by atoms with E-state index >= 15 is 0 Å². The number of benzene rings is 1. The topological polar surface area (TPSA) is 3.24 Å². The highest BCUT2D eigenvalue weighted by Crippen LogP contribution is 2.33. The molecule has 0 amide bonds. The van der Waals surface area contributed by atoms with Gasteiger partial charge in [-0.3, -0.25) is 0 Å². The lowest BCUT2D eigenvalue weighted by molar-refractivity contribution is 0.304. The van der Waals surface area contributed by atoms with Crippen LogP contribution in [0.25, 0.3) is 0 Å². The average molecular weight is 294 g/mol. The predicted molar refractivity (Wildman–Crippen MR) is 88.7 cm³/mol. The Labute approximate surface area is 129 Å². The molecule has 0 N–H and O–H groups in total. The first-order valence-corrected chi connectivity index (χ1v) is 8.64. The molecule has 0 aliphatic heterocycles. The van der Waals surface area contributed by atoms with Gasteiger partial charge in [0.15, 0.2) is 0 Å². The number of hydrogen-bond acceptors (Lipinski definition) is 1. The van der Waals surface area contributed by atoms with Crippen molar-refractivity contribution in [3.63, 3.8) is 0 Å². The standard InChI is InChI=1S/C18H28ClN/c1-3-20(4-2)14-18(19)17-12-10-16(11-13-17)15-8-6-5-7-9-15/h10-13,15,18H,3-9,14H2,1-2H3. The van der Waals surface area contributed by atoms with Gasteiger partial charge in [-0.1, -0.05) is 57.4 Å². The first kappa shape index (κ1) is 15.9. The number of rotatable bonds is 6. The van der Waals surface area contributed by atoms with Crippen molar-refractivity contribution in [1.29, 1.82) is 0 Å². The first-order valence-electron chi connectivity index (χ1n) is 8.20. The van der Waals surface area contributed by atoms with Gasteiger partial charge < -0.3 is 4.90 Å². The van der Waals surface area contributed by atoms with E-state index in [1.165, 1.54) is 43.2 Å². The normalized spacial score (nSPS) is 18.4. The van der Waals surface area contributed by atoms with Gasteiger partial charge in [0.25, 0.3) is 0 Å². The van der Waals surface area contributed by atoms with Crippen LogP contribution in [0.4, 0.5) is 0 Å². The number of nitrogens with zero attached hydrogens (tertiary/aromatic N) is 1. The Kier molecular flexibility index (Phi) is 6.38. The Morgan fingerprint density at radius 2 is 1.65 bits per heavy atom. The summed E-state index contributed by atoms with van der Waals surface area (Å²) in [6, 6.07) is 9.10. The zero-order valence-electron chi connectivity index (χ0n) is 12.9. The van der Waals surface area contributed by atoms with Crippen LogP contribution in [0.1, 0.15) is 68.4 Å². The molecule has 20 heavy (non-hydrogen) atoms. The Balaban J connectivity index is 1.96. The minimum atomic E-state index is 0.107. The highest BCUT2D eigenvalue weighted by Gasteiger charge is 2.16. The molecule has 1 saturated carbocycles. The number of alkyl halides is 1. The summed E-state index contributed by atoms with van der Waals surface area (Å²) in [5.74, 6) is 0.786. The quantitative estimate of drug-likeness (QED) is 0.639. The smallest absolute Gasteiger partial charge is 0.0712 e. The minimum Gasteiger partial charge on any atom is -0.302 e. The van der Waals surface area contributed by atoms with E-state index in [1.807, 2.05) is 0 Å². The van der Waals surface area contributed by atoms with E-state index in [4.69, 9.17) is 11.6 Å². The largest absolute Gasteiger partial charge is 0.302 e. The molecule has 1 unspecified atom stereocenters. The molecule has 112 valence electrons. The lowest BCUT2D eigenvalue weighted by Crippen LogP contribution is -2.26. The maximum absolute atomic E-state index is 6.55. The molecule has 0 radical (unpaired) electrons. The van der Waals surface area contributed by atoms with Gasteiger partial charge in [-0.15, -0.1) is 11.6 Å². The molecule has 2 rings (SSSR count). The number of halogens is 1. The number of hydrogen-bond donors (Lipinski definition) is 0. The van der Waals surface area contributed by atoms with Gasteiger partial charge >= 0.3 is 0 Å². The fourth-order valence-electron chi connectivity index (χ4n) is 3.23. The van der Waals surface area contributed by atoms with Crippen LogP contribution in [0.15, 0.2) is 24.3 Å². The molecular formula is C18H28ClN. The van der Waals surface area contributed by atoms with Gasteiger partial charge in [-0.05, 0) is 43.0 Å². The molecular weight excluding hydrogens is 266 g/mol. The van der Waals surface area contributed by atoms with E-state index in [2.05, 4.69) is 43.0 Å². The first-order chi connectivity index (χ1) is 9.74. The van der Waals surface area contributed by atoms with E-state index in [0.717, 1.165) is 25.6 Å². The Hall–Kier alpha value is -0.530. The van der Waals surface area contributed by atoms with Crippen molar-refractivity contribution in [2.45, 2.75) is 57.2 Å². The summed E-state index contributed by atoms with van der Waals surface area (Å²) in [4.78, 5) is 2.38. The molecule has 1 aliphatic rings. The van der Waals surface area contributed by atoms with Crippen LogP contribution in [-0.4, -0.2) is 24.5 Å². The molecule has 1 aromatic rings. The number of likely N-dealkylation sites (N-methyl/N-ethyl adjacent to an activating group) is 1. The van der Waals surface area contributed by atoms with Crippen LogP contribution >= 0.6 is 11.6 Å². The van der Waals surface area contributed by atoms with Crippen LogP contribution in [-0.2, 0) is 0 Å². The van der Waals surface area contributed by atoms with Crippen LogP contribution < -0.4 is 0 Å². The average Bonchev–Trinajstić information content (AvgIpc) is 2.53. The molecule has 0 bridgehead atoms. The molecule has 0 spiro atoms. The third-order valence-corrected chi connectivity index (χ3v) is 5.08. The summed E-state index contributed by atoms with van der Waals surface area (Å²) in [5.41, 5.74) is 2.78. The summed E-state index contributed by atoms with van der Waals surface area (Å²) >= 11 is 6.55. The third-order valence-electron chi connectivity index (χ3n) is 4.69. The summed E-state index contributed by atoms with van der Waals surface area (Å²) in [6.07, 6.45) is 6.94. The van der Waals surface area contributed by atoms with E-state index < -0.39 is 0 Å². The third kappa shape index (κ3) is 4.23. The predicted octanol–water partition coefficient (Wildman–Crippen LogP) is 5.36. The second-order valence-electron chi connectivity index (χ2n) is 5.95. The van der Waals surface area contributed by atoms with Crippen molar-refractivity contribution in [2.75, 3.05) is 19.6 Å². The highest BCUT2D eigenvalue weighted by molar-refractivity contribution is 6.21. The van der Waals surface area contributed by atoms with Crippen LogP contribution in [0.3, 0.4) is 0 Å². The van der Waals surface area contributed by atoms with Crippen molar-refractivity contribution >= 4 is 11.6 Å². The zero-order valence-corrected chi connectivity index (χ0v) is 13.7. The van der Waals surface area contributed by atoms with E-state index in [0.29, 0.717) is 0 Å².